The van der Waals surface area contributed by atoms with E-state index in [-0.39, 0.29) is 23.1 Å². The molecule has 174 valence electrons. The lowest BCUT2D eigenvalue weighted by atomic mass is 10.1. The molecule has 5 rings (SSSR count). The fraction of sp³-hybridized carbons (Fsp3) is 0.111. The summed E-state index contributed by atoms with van der Waals surface area (Å²) in [7, 11) is 0. The number of carbonyl (C=O) groups excluding carboxylic acids is 1. The number of hydrogen-bond donors (Lipinski definition) is 2. The smallest absolute Gasteiger partial charge is 0.257 e. The van der Waals surface area contributed by atoms with Gasteiger partial charge in [0, 0.05) is 6.54 Å². The van der Waals surface area contributed by atoms with Gasteiger partial charge in [-0.15, -0.1) is 0 Å². The number of aromatic nitrogens is 3. The topological polar surface area (TPSA) is 98.2 Å². The molecule has 3 N–H and O–H groups in total. The Morgan fingerprint density at radius 1 is 0.971 bits per heavy atom. The summed E-state index contributed by atoms with van der Waals surface area (Å²) in [6, 6.07) is 23.4. The zero-order valence-electron chi connectivity index (χ0n) is 18.9. The van der Waals surface area contributed by atoms with Crippen LogP contribution in [0.3, 0.4) is 0 Å². The van der Waals surface area contributed by atoms with E-state index in [2.05, 4.69) is 32.5 Å². The summed E-state index contributed by atoms with van der Waals surface area (Å²) >= 11 is 0. The minimum absolute atomic E-state index is 0.134. The monoisotopic (exact) mass is 466 g/mol. The molecule has 0 aliphatic carbocycles. The lowest BCUT2D eigenvalue weighted by Crippen LogP contribution is -2.25. The molecule has 0 aliphatic heterocycles. The Morgan fingerprint density at radius 2 is 1.66 bits per heavy atom. The number of fused-ring (bicyclic) bond motifs is 2. The van der Waals surface area contributed by atoms with Crippen LogP contribution in [0.25, 0.3) is 22.2 Å². The van der Waals surface area contributed by atoms with Crippen molar-refractivity contribution in [2.24, 2.45) is 5.10 Å². The Labute approximate surface area is 201 Å². The van der Waals surface area contributed by atoms with E-state index in [0.717, 1.165) is 12.8 Å². The van der Waals surface area contributed by atoms with Crippen LogP contribution in [0.15, 0.2) is 84.0 Å². The van der Waals surface area contributed by atoms with Crippen molar-refractivity contribution >= 4 is 40.1 Å². The fourth-order valence-corrected chi connectivity index (χ4v) is 3.89. The highest BCUT2D eigenvalue weighted by atomic mass is 19.1. The van der Waals surface area contributed by atoms with Crippen LogP contribution in [0.5, 0.6) is 0 Å². The van der Waals surface area contributed by atoms with Crippen molar-refractivity contribution in [2.45, 2.75) is 12.8 Å². The van der Waals surface area contributed by atoms with Crippen molar-refractivity contribution in [1.82, 2.24) is 20.0 Å². The fourth-order valence-electron chi connectivity index (χ4n) is 3.89. The van der Waals surface area contributed by atoms with Crippen molar-refractivity contribution in [1.29, 1.82) is 0 Å². The summed E-state index contributed by atoms with van der Waals surface area (Å²) in [5, 5.41) is 7.39. The molecule has 1 amide bonds. The van der Waals surface area contributed by atoms with E-state index in [9.17, 15) is 9.18 Å². The van der Waals surface area contributed by atoms with Crippen LogP contribution in [-0.4, -0.2) is 33.3 Å². The van der Waals surface area contributed by atoms with Crippen LogP contribution in [-0.2, 0) is 6.42 Å². The van der Waals surface area contributed by atoms with E-state index in [1.807, 2.05) is 42.5 Å². The molecule has 0 saturated heterocycles. The second kappa shape index (κ2) is 9.72. The molecule has 2 aromatic heterocycles. The van der Waals surface area contributed by atoms with E-state index in [1.165, 1.54) is 28.6 Å². The largest absolute Gasteiger partial charge is 0.383 e. The van der Waals surface area contributed by atoms with Crippen LogP contribution >= 0.6 is 0 Å². The number of nitrogens with two attached hydrogens (primary N) is 1. The Balaban J connectivity index is 1.47. The number of halogens is 1. The Kier molecular flexibility index (Phi) is 6.17. The molecule has 35 heavy (non-hydrogen) atoms. The van der Waals surface area contributed by atoms with Crippen molar-refractivity contribution < 1.29 is 9.18 Å². The highest BCUT2D eigenvalue weighted by molar-refractivity contribution is 6.10. The second-order valence-corrected chi connectivity index (χ2v) is 8.10. The van der Waals surface area contributed by atoms with Crippen LogP contribution in [0.1, 0.15) is 27.9 Å². The average molecular weight is 467 g/mol. The average Bonchev–Trinajstić information content (AvgIpc) is 3.15. The van der Waals surface area contributed by atoms with E-state index in [4.69, 9.17) is 5.73 Å². The van der Waals surface area contributed by atoms with Gasteiger partial charge in [-0.05, 0) is 48.2 Å². The summed E-state index contributed by atoms with van der Waals surface area (Å²) in [5.41, 5.74) is 10.6. The summed E-state index contributed by atoms with van der Waals surface area (Å²) in [6.07, 6.45) is 3.17. The van der Waals surface area contributed by atoms with Crippen LogP contribution in [0.4, 0.5) is 10.2 Å². The Hall–Kier alpha value is -4.59. The number of nitrogens with zero attached hydrogens (tertiary/aromatic N) is 4. The highest BCUT2D eigenvalue weighted by Crippen LogP contribution is 2.27. The standard InChI is InChI=1S/C27H23FN6O/c28-20-14-12-19(13-15-20)17-31-34-25(29)23(24-26(34)33-22-11-5-4-10-21(22)32-24)27(35)30-16-6-9-18-7-2-1-3-8-18/h1-5,7-8,10-15,17H,6,9,16,29H2,(H,30,35). The first-order valence-electron chi connectivity index (χ1n) is 11.3. The number of rotatable bonds is 7. The Morgan fingerprint density at radius 3 is 2.40 bits per heavy atom. The van der Waals surface area contributed by atoms with Gasteiger partial charge in [-0.2, -0.15) is 9.78 Å². The van der Waals surface area contributed by atoms with Gasteiger partial charge in [0.2, 0.25) is 0 Å². The molecule has 8 heteroatoms. The molecule has 5 aromatic rings. The Bertz CT molecular complexity index is 1530. The molecule has 0 saturated carbocycles. The highest BCUT2D eigenvalue weighted by Gasteiger charge is 2.23. The van der Waals surface area contributed by atoms with Gasteiger partial charge >= 0.3 is 0 Å². The summed E-state index contributed by atoms with van der Waals surface area (Å²) < 4.78 is 14.7. The zero-order chi connectivity index (χ0) is 24.2. The minimum Gasteiger partial charge on any atom is -0.383 e. The lowest BCUT2D eigenvalue weighted by Gasteiger charge is -2.06. The van der Waals surface area contributed by atoms with Crippen molar-refractivity contribution in [3.63, 3.8) is 0 Å². The predicted octanol–water partition coefficient (Wildman–Crippen LogP) is 4.55. The number of amides is 1. The first-order valence-corrected chi connectivity index (χ1v) is 11.3. The van der Waals surface area contributed by atoms with Crippen molar-refractivity contribution in [3.05, 3.63) is 101 Å². The van der Waals surface area contributed by atoms with Gasteiger partial charge in [0.15, 0.2) is 5.65 Å². The number of anilines is 1. The third kappa shape index (κ3) is 4.72. The van der Waals surface area contributed by atoms with Crippen LogP contribution in [0.2, 0.25) is 0 Å². The van der Waals surface area contributed by atoms with E-state index in [0.29, 0.717) is 34.3 Å². The van der Waals surface area contributed by atoms with Crippen molar-refractivity contribution in [3.8, 4) is 0 Å². The number of nitrogens with one attached hydrogen (secondary N) is 1. The second-order valence-electron chi connectivity index (χ2n) is 8.10. The van der Waals surface area contributed by atoms with Gasteiger partial charge in [0.1, 0.15) is 22.7 Å². The molecule has 0 atom stereocenters. The lowest BCUT2D eigenvalue weighted by molar-refractivity contribution is 0.0955. The predicted molar refractivity (Wildman–Crippen MR) is 136 cm³/mol. The maximum Gasteiger partial charge on any atom is 0.257 e. The molecular formula is C27H23FN6O. The van der Waals surface area contributed by atoms with Crippen LogP contribution < -0.4 is 11.1 Å². The molecule has 0 aliphatic rings. The van der Waals surface area contributed by atoms with E-state index in [1.54, 1.807) is 12.1 Å². The van der Waals surface area contributed by atoms with Gasteiger partial charge in [0.05, 0.1) is 17.2 Å². The normalized spacial score (nSPS) is 11.5. The number of nitrogen functional groups attached to an aromatic ring is 1. The molecule has 0 fully saturated rings. The third-order valence-electron chi connectivity index (χ3n) is 5.66. The third-order valence-corrected chi connectivity index (χ3v) is 5.66. The van der Waals surface area contributed by atoms with Crippen LogP contribution in [0, 0.1) is 5.82 Å². The maximum atomic E-state index is 13.3. The first-order chi connectivity index (χ1) is 17.1. The molecule has 3 aromatic carbocycles. The molecule has 7 nitrogen and oxygen atoms in total. The SMILES string of the molecule is Nc1c(C(=O)NCCCc2ccccc2)c2nc3ccccc3nc2n1N=Cc1ccc(F)cc1. The van der Waals surface area contributed by atoms with E-state index < -0.39 is 0 Å². The zero-order valence-corrected chi connectivity index (χ0v) is 18.9. The summed E-state index contributed by atoms with van der Waals surface area (Å²) in [5.74, 6) is -0.535. The van der Waals surface area contributed by atoms with Gasteiger partial charge in [0.25, 0.3) is 5.91 Å². The summed E-state index contributed by atoms with van der Waals surface area (Å²) in [6.45, 7) is 0.486. The maximum absolute atomic E-state index is 13.3. The summed E-state index contributed by atoms with van der Waals surface area (Å²) in [4.78, 5) is 22.5. The van der Waals surface area contributed by atoms with Gasteiger partial charge in [-0.25, -0.2) is 14.4 Å². The first kappa shape index (κ1) is 22.2. The molecule has 0 radical (unpaired) electrons. The van der Waals surface area contributed by atoms with Gasteiger partial charge < -0.3 is 11.1 Å². The van der Waals surface area contributed by atoms with E-state index >= 15 is 0 Å². The van der Waals surface area contributed by atoms with Gasteiger partial charge in [-0.1, -0.05) is 54.6 Å². The number of aryl methyl sites for hydroxylation is 1. The number of benzene rings is 3. The molecule has 0 bridgehead atoms. The molecular weight excluding hydrogens is 443 g/mol. The minimum atomic E-state index is -0.336. The molecule has 0 spiro atoms. The van der Waals surface area contributed by atoms with Crippen molar-refractivity contribution in [2.75, 3.05) is 12.3 Å². The molecule has 0 unspecified atom stereocenters. The molecule has 2 heterocycles. The number of carbonyl (C=O) groups is 1. The van der Waals surface area contributed by atoms with Gasteiger partial charge in [-0.3, -0.25) is 4.79 Å². The number of para-hydroxylation sites is 2. The quantitative estimate of drug-likeness (QED) is 0.272. The number of hydrogen-bond acceptors (Lipinski definition) is 5.